The largest absolute Gasteiger partial charge is 0.393 e. The maximum Gasteiger partial charge on any atom is 0.283 e. The van der Waals surface area contributed by atoms with E-state index >= 15 is 0 Å². The standard InChI is InChI=1S/C9H14N4O2/c14-7-2-5-13(6-3-7)12-9(15)8-1-4-10-11-8/h1,4,7,14H,2-3,5-6H2,(H,10,11)(H,12,15). The summed E-state index contributed by atoms with van der Waals surface area (Å²) in [5.41, 5.74) is 3.20. The Morgan fingerprint density at radius 2 is 2.33 bits per heavy atom. The molecule has 15 heavy (non-hydrogen) atoms. The van der Waals surface area contributed by atoms with E-state index in [0.29, 0.717) is 31.6 Å². The first-order valence-corrected chi connectivity index (χ1v) is 4.99. The van der Waals surface area contributed by atoms with E-state index in [9.17, 15) is 9.90 Å². The first kappa shape index (κ1) is 10.1. The summed E-state index contributed by atoms with van der Waals surface area (Å²) < 4.78 is 0. The summed E-state index contributed by atoms with van der Waals surface area (Å²) in [7, 11) is 0. The molecule has 6 nitrogen and oxygen atoms in total. The molecular weight excluding hydrogens is 196 g/mol. The van der Waals surface area contributed by atoms with Crippen LogP contribution in [0, 0.1) is 0 Å². The molecule has 0 bridgehead atoms. The number of hydrazine groups is 1. The van der Waals surface area contributed by atoms with Crippen molar-refractivity contribution in [1.82, 2.24) is 20.6 Å². The number of carbonyl (C=O) groups is 1. The molecule has 0 saturated carbocycles. The lowest BCUT2D eigenvalue weighted by Crippen LogP contribution is -2.47. The highest BCUT2D eigenvalue weighted by Gasteiger charge is 2.19. The molecule has 0 unspecified atom stereocenters. The summed E-state index contributed by atoms with van der Waals surface area (Å²) in [4.78, 5) is 11.6. The number of piperidine rings is 1. The van der Waals surface area contributed by atoms with Gasteiger partial charge in [0, 0.05) is 19.3 Å². The monoisotopic (exact) mass is 210 g/mol. The average Bonchev–Trinajstić information content (AvgIpc) is 2.74. The minimum absolute atomic E-state index is 0.191. The number of hydrogen-bond donors (Lipinski definition) is 3. The summed E-state index contributed by atoms with van der Waals surface area (Å²) in [5.74, 6) is -0.191. The second-order valence-electron chi connectivity index (χ2n) is 3.63. The number of carbonyl (C=O) groups excluding carboxylic acids is 1. The molecule has 1 aliphatic heterocycles. The zero-order valence-electron chi connectivity index (χ0n) is 8.31. The van der Waals surface area contributed by atoms with Gasteiger partial charge < -0.3 is 5.11 Å². The predicted molar refractivity (Wildman–Crippen MR) is 52.9 cm³/mol. The van der Waals surface area contributed by atoms with Crippen molar-refractivity contribution in [3.8, 4) is 0 Å². The fourth-order valence-corrected chi connectivity index (χ4v) is 1.56. The molecule has 82 valence electrons. The van der Waals surface area contributed by atoms with Gasteiger partial charge in [0.2, 0.25) is 0 Å². The van der Waals surface area contributed by atoms with E-state index in [4.69, 9.17) is 0 Å². The number of aliphatic hydroxyl groups excluding tert-OH is 1. The number of aromatic amines is 1. The normalized spacial score (nSPS) is 19.0. The number of nitrogens with one attached hydrogen (secondary N) is 2. The molecule has 1 aromatic rings. The van der Waals surface area contributed by atoms with Crippen LogP contribution in [0.4, 0.5) is 0 Å². The van der Waals surface area contributed by atoms with E-state index in [0.717, 1.165) is 0 Å². The van der Waals surface area contributed by atoms with Gasteiger partial charge in [0.25, 0.3) is 5.91 Å². The topological polar surface area (TPSA) is 81.2 Å². The highest BCUT2D eigenvalue weighted by atomic mass is 16.3. The van der Waals surface area contributed by atoms with E-state index in [-0.39, 0.29) is 12.0 Å². The summed E-state index contributed by atoms with van der Waals surface area (Å²) in [6, 6.07) is 1.62. The van der Waals surface area contributed by atoms with Crippen LogP contribution in [-0.2, 0) is 0 Å². The molecule has 2 heterocycles. The molecule has 1 aliphatic rings. The maximum atomic E-state index is 11.6. The van der Waals surface area contributed by atoms with E-state index in [1.165, 1.54) is 6.20 Å². The second kappa shape index (κ2) is 4.41. The van der Waals surface area contributed by atoms with Crippen LogP contribution in [0.1, 0.15) is 23.3 Å². The van der Waals surface area contributed by atoms with Crippen molar-refractivity contribution < 1.29 is 9.90 Å². The maximum absolute atomic E-state index is 11.6. The van der Waals surface area contributed by atoms with Crippen molar-refractivity contribution in [2.45, 2.75) is 18.9 Å². The molecule has 3 N–H and O–H groups in total. The summed E-state index contributed by atoms with van der Waals surface area (Å²) in [5, 5.41) is 17.4. The number of nitrogens with zero attached hydrogens (tertiary/aromatic N) is 2. The molecule has 2 rings (SSSR count). The zero-order valence-corrected chi connectivity index (χ0v) is 8.31. The van der Waals surface area contributed by atoms with Crippen molar-refractivity contribution in [2.24, 2.45) is 0 Å². The number of amides is 1. The Morgan fingerprint density at radius 1 is 1.60 bits per heavy atom. The van der Waals surface area contributed by atoms with E-state index in [1.807, 2.05) is 5.01 Å². The van der Waals surface area contributed by atoms with Crippen molar-refractivity contribution in [3.63, 3.8) is 0 Å². The first-order valence-electron chi connectivity index (χ1n) is 4.99. The molecule has 0 radical (unpaired) electrons. The average molecular weight is 210 g/mol. The lowest BCUT2D eigenvalue weighted by molar-refractivity contribution is 0.0464. The van der Waals surface area contributed by atoms with Crippen LogP contribution in [0.3, 0.4) is 0 Å². The van der Waals surface area contributed by atoms with Gasteiger partial charge in [0.05, 0.1) is 6.10 Å². The Morgan fingerprint density at radius 3 is 2.93 bits per heavy atom. The highest BCUT2D eigenvalue weighted by molar-refractivity contribution is 5.91. The Kier molecular flexibility index (Phi) is 2.98. The van der Waals surface area contributed by atoms with Crippen LogP contribution in [0.5, 0.6) is 0 Å². The van der Waals surface area contributed by atoms with Gasteiger partial charge in [-0.1, -0.05) is 0 Å². The van der Waals surface area contributed by atoms with Crippen LogP contribution < -0.4 is 5.43 Å². The Balaban J connectivity index is 1.85. The molecule has 1 saturated heterocycles. The Bertz CT molecular complexity index is 317. The van der Waals surface area contributed by atoms with Gasteiger partial charge >= 0.3 is 0 Å². The van der Waals surface area contributed by atoms with Crippen molar-refractivity contribution >= 4 is 5.91 Å². The first-order chi connectivity index (χ1) is 7.25. The van der Waals surface area contributed by atoms with Gasteiger partial charge in [-0.2, -0.15) is 5.10 Å². The number of aliphatic hydroxyl groups is 1. The van der Waals surface area contributed by atoms with Crippen molar-refractivity contribution in [2.75, 3.05) is 13.1 Å². The molecule has 1 aromatic heterocycles. The van der Waals surface area contributed by atoms with Gasteiger partial charge in [-0.15, -0.1) is 0 Å². The Labute approximate surface area is 87.2 Å². The van der Waals surface area contributed by atoms with Crippen molar-refractivity contribution in [3.05, 3.63) is 18.0 Å². The fourth-order valence-electron chi connectivity index (χ4n) is 1.56. The van der Waals surface area contributed by atoms with Crippen LogP contribution >= 0.6 is 0 Å². The number of H-pyrrole nitrogens is 1. The SMILES string of the molecule is O=C(NN1CCC(O)CC1)c1ccn[nH]1. The van der Waals surface area contributed by atoms with Gasteiger partial charge in [-0.3, -0.25) is 15.3 Å². The summed E-state index contributed by atoms with van der Waals surface area (Å²) in [6.45, 7) is 1.36. The lowest BCUT2D eigenvalue weighted by Gasteiger charge is -2.29. The van der Waals surface area contributed by atoms with Crippen LogP contribution in [-0.4, -0.2) is 45.4 Å². The fraction of sp³-hybridized carbons (Fsp3) is 0.556. The predicted octanol–water partition coefficient (Wildman–Crippen LogP) is -0.489. The third-order valence-corrected chi connectivity index (χ3v) is 2.47. The molecule has 1 amide bonds. The van der Waals surface area contributed by atoms with E-state index < -0.39 is 0 Å². The number of rotatable bonds is 2. The summed E-state index contributed by atoms with van der Waals surface area (Å²) in [6.07, 6.45) is 2.70. The third kappa shape index (κ3) is 2.54. The molecule has 6 heteroatoms. The second-order valence-corrected chi connectivity index (χ2v) is 3.63. The lowest BCUT2D eigenvalue weighted by atomic mass is 10.1. The van der Waals surface area contributed by atoms with Crippen LogP contribution in [0.2, 0.25) is 0 Å². The minimum Gasteiger partial charge on any atom is -0.393 e. The number of hydrogen-bond acceptors (Lipinski definition) is 4. The highest BCUT2D eigenvalue weighted by Crippen LogP contribution is 2.07. The molecule has 0 atom stereocenters. The van der Waals surface area contributed by atoms with Gasteiger partial charge in [-0.05, 0) is 18.9 Å². The van der Waals surface area contributed by atoms with E-state index in [1.54, 1.807) is 6.07 Å². The molecule has 0 aliphatic carbocycles. The van der Waals surface area contributed by atoms with Gasteiger partial charge in [-0.25, -0.2) is 5.01 Å². The molecule has 0 spiro atoms. The zero-order chi connectivity index (χ0) is 10.7. The molecular formula is C9H14N4O2. The Hall–Kier alpha value is -1.40. The number of aromatic nitrogens is 2. The van der Waals surface area contributed by atoms with E-state index in [2.05, 4.69) is 15.6 Å². The van der Waals surface area contributed by atoms with Crippen molar-refractivity contribution in [1.29, 1.82) is 0 Å². The minimum atomic E-state index is -0.231. The molecule has 1 fully saturated rings. The van der Waals surface area contributed by atoms with Crippen LogP contribution in [0.25, 0.3) is 0 Å². The van der Waals surface area contributed by atoms with Gasteiger partial charge in [0.1, 0.15) is 5.69 Å². The summed E-state index contributed by atoms with van der Waals surface area (Å²) >= 11 is 0. The van der Waals surface area contributed by atoms with Gasteiger partial charge in [0.15, 0.2) is 0 Å². The smallest absolute Gasteiger partial charge is 0.283 e. The molecule has 0 aromatic carbocycles. The third-order valence-electron chi connectivity index (χ3n) is 2.47. The van der Waals surface area contributed by atoms with Crippen LogP contribution in [0.15, 0.2) is 12.3 Å². The quantitative estimate of drug-likeness (QED) is 0.615.